The molecule has 1 aliphatic rings. The van der Waals surface area contributed by atoms with E-state index in [1.54, 1.807) is 38.1 Å². The van der Waals surface area contributed by atoms with Gasteiger partial charge in [-0.25, -0.2) is 24.4 Å². The molecule has 3 heterocycles. The number of thiophene rings is 1. The number of fused-ring (bicyclic) bond motifs is 1. The number of benzene rings is 1. The van der Waals surface area contributed by atoms with E-state index in [1.807, 2.05) is 0 Å². The summed E-state index contributed by atoms with van der Waals surface area (Å²) >= 11 is 1.14. The van der Waals surface area contributed by atoms with Gasteiger partial charge in [0.1, 0.15) is 15.5 Å². The molecular formula is C22H21N5O6S. The minimum absolute atomic E-state index is 0.0171. The number of nitrogens with two attached hydrogens (primary N) is 1. The first-order chi connectivity index (χ1) is 16.3. The summed E-state index contributed by atoms with van der Waals surface area (Å²) in [7, 11) is 0. The van der Waals surface area contributed by atoms with Crippen molar-refractivity contribution in [3.63, 3.8) is 0 Å². The van der Waals surface area contributed by atoms with Crippen molar-refractivity contribution in [2.75, 3.05) is 18.9 Å². The lowest BCUT2D eigenvalue weighted by atomic mass is 10.1. The van der Waals surface area contributed by atoms with Crippen molar-refractivity contribution in [3.05, 3.63) is 51.7 Å². The molecule has 0 atom stereocenters. The summed E-state index contributed by atoms with van der Waals surface area (Å²) < 4.78 is 10.4. The SMILES string of the molecule is CCOC(=O)c1sc2nc(COC(=O)c3ccc(CN4C(=O)CNC4=O)cc3)nc(N)c2c1C. The predicted molar refractivity (Wildman–Crippen MR) is 122 cm³/mol. The molecule has 3 N–H and O–H groups in total. The van der Waals surface area contributed by atoms with Gasteiger partial charge in [-0.2, -0.15) is 0 Å². The van der Waals surface area contributed by atoms with Crippen molar-refractivity contribution in [1.29, 1.82) is 0 Å². The highest BCUT2D eigenvalue weighted by atomic mass is 32.1. The lowest BCUT2D eigenvalue weighted by molar-refractivity contribution is -0.125. The van der Waals surface area contributed by atoms with Crippen molar-refractivity contribution in [2.24, 2.45) is 0 Å². The van der Waals surface area contributed by atoms with E-state index in [2.05, 4.69) is 15.3 Å². The van der Waals surface area contributed by atoms with Gasteiger partial charge in [0.15, 0.2) is 12.4 Å². The number of nitrogens with zero attached hydrogens (tertiary/aromatic N) is 3. The second-order valence-corrected chi connectivity index (χ2v) is 8.39. The molecule has 2 aromatic heterocycles. The fraction of sp³-hybridized carbons (Fsp3) is 0.273. The van der Waals surface area contributed by atoms with E-state index in [4.69, 9.17) is 15.2 Å². The van der Waals surface area contributed by atoms with Crippen LogP contribution in [0.1, 0.15) is 43.9 Å². The van der Waals surface area contributed by atoms with E-state index >= 15 is 0 Å². The molecule has 34 heavy (non-hydrogen) atoms. The quantitative estimate of drug-likeness (QED) is 0.380. The molecule has 0 unspecified atom stereocenters. The molecule has 0 aliphatic carbocycles. The standard InChI is InChI=1S/C22H21N5O6S/c1-3-32-21(30)17-11(2)16-18(23)25-14(26-19(16)34-17)10-33-20(29)13-6-4-12(5-7-13)9-27-15(28)8-24-22(27)31/h4-7H,3,8-10H2,1-2H3,(H,24,31)(H2,23,25,26). The van der Waals surface area contributed by atoms with Crippen LogP contribution in [0.15, 0.2) is 24.3 Å². The van der Waals surface area contributed by atoms with Gasteiger partial charge in [-0.1, -0.05) is 12.1 Å². The van der Waals surface area contributed by atoms with Crippen LogP contribution in [0.25, 0.3) is 10.2 Å². The molecule has 176 valence electrons. The molecule has 12 heteroatoms. The molecule has 0 spiro atoms. The maximum absolute atomic E-state index is 12.4. The van der Waals surface area contributed by atoms with E-state index in [1.165, 1.54) is 0 Å². The van der Waals surface area contributed by atoms with Crippen LogP contribution in [0.5, 0.6) is 0 Å². The number of rotatable bonds is 7. The van der Waals surface area contributed by atoms with Crippen molar-refractivity contribution in [1.82, 2.24) is 20.2 Å². The van der Waals surface area contributed by atoms with Crippen molar-refractivity contribution in [3.8, 4) is 0 Å². The third-order valence-corrected chi connectivity index (χ3v) is 6.29. The van der Waals surface area contributed by atoms with Gasteiger partial charge < -0.3 is 20.5 Å². The van der Waals surface area contributed by atoms with Crippen molar-refractivity contribution < 1.29 is 28.7 Å². The van der Waals surface area contributed by atoms with Crippen LogP contribution >= 0.6 is 11.3 Å². The van der Waals surface area contributed by atoms with Gasteiger partial charge in [-0.3, -0.25) is 9.69 Å². The molecule has 3 amide bonds. The van der Waals surface area contributed by atoms with Crippen LogP contribution in [0.3, 0.4) is 0 Å². The Labute approximate surface area is 197 Å². The molecule has 11 nitrogen and oxygen atoms in total. The first-order valence-corrected chi connectivity index (χ1v) is 11.2. The Morgan fingerprint density at radius 2 is 1.88 bits per heavy atom. The Balaban J connectivity index is 1.43. The molecule has 4 rings (SSSR count). The van der Waals surface area contributed by atoms with Gasteiger partial charge in [0.25, 0.3) is 0 Å². The molecule has 3 aromatic rings. The maximum Gasteiger partial charge on any atom is 0.348 e. The number of aryl methyl sites for hydroxylation is 1. The highest BCUT2D eigenvalue weighted by molar-refractivity contribution is 7.20. The minimum atomic E-state index is -0.599. The summed E-state index contributed by atoms with van der Waals surface area (Å²) in [4.78, 5) is 58.5. The first kappa shape index (κ1) is 23.1. The van der Waals surface area contributed by atoms with Crippen molar-refractivity contribution >= 4 is 51.2 Å². The number of nitrogen functional groups attached to an aromatic ring is 1. The Morgan fingerprint density at radius 1 is 1.15 bits per heavy atom. The second-order valence-electron chi connectivity index (χ2n) is 7.39. The summed E-state index contributed by atoms with van der Waals surface area (Å²) in [5.41, 5.74) is 7.69. The van der Waals surface area contributed by atoms with E-state index in [0.717, 1.165) is 16.2 Å². The smallest absolute Gasteiger partial charge is 0.348 e. The summed E-state index contributed by atoms with van der Waals surface area (Å²) in [6.07, 6.45) is 0. The van der Waals surface area contributed by atoms with Crippen LogP contribution in [-0.2, 0) is 27.4 Å². The lowest BCUT2D eigenvalue weighted by Gasteiger charge is -2.12. The molecule has 1 aromatic carbocycles. The number of ether oxygens (including phenoxy) is 2. The fourth-order valence-corrected chi connectivity index (χ4v) is 4.53. The molecule has 0 bridgehead atoms. The zero-order chi connectivity index (χ0) is 24.4. The monoisotopic (exact) mass is 483 g/mol. The molecule has 1 fully saturated rings. The number of aromatic nitrogens is 2. The number of urea groups is 1. The number of hydrogen-bond acceptors (Lipinski definition) is 10. The Bertz CT molecular complexity index is 1290. The second kappa shape index (κ2) is 9.43. The van der Waals surface area contributed by atoms with Crippen molar-refractivity contribution in [2.45, 2.75) is 27.0 Å². The fourth-order valence-electron chi connectivity index (χ4n) is 3.43. The van der Waals surface area contributed by atoms with E-state index in [9.17, 15) is 19.2 Å². The molecule has 0 radical (unpaired) electrons. The van der Waals surface area contributed by atoms with Crippen LogP contribution in [0.2, 0.25) is 0 Å². The van der Waals surface area contributed by atoms with Crippen LogP contribution < -0.4 is 11.1 Å². The average Bonchev–Trinajstić information content (AvgIpc) is 3.32. The number of amides is 3. The molecule has 1 aliphatic heterocycles. The van der Waals surface area contributed by atoms with Gasteiger partial charge in [0, 0.05) is 0 Å². The number of hydrogen-bond donors (Lipinski definition) is 2. The third kappa shape index (κ3) is 4.53. The van der Waals surface area contributed by atoms with Gasteiger partial charge >= 0.3 is 18.0 Å². The number of carbonyl (C=O) groups excluding carboxylic acids is 4. The van der Waals surface area contributed by atoms with Crippen LogP contribution in [-0.4, -0.2) is 51.9 Å². The maximum atomic E-state index is 12.4. The van der Waals surface area contributed by atoms with Gasteiger partial charge in [0.05, 0.1) is 30.6 Å². The normalized spacial score (nSPS) is 13.3. The molecule has 1 saturated heterocycles. The van der Waals surface area contributed by atoms with Crippen LogP contribution in [0.4, 0.5) is 10.6 Å². The zero-order valence-corrected chi connectivity index (χ0v) is 19.2. The molecular weight excluding hydrogens is 462 g/mol. The number of carbonyl (C=O) groups is 4. The van der Waals surface area contributed by atoms with Gasteiger partial charge in [0.2, 0.25) is 5.91 Å². The first-order valence-electron chi connectivity index (χ1n) is 10.3. The minimum Gasteiger partial charge on any atom is -0.462 e. The van der Waals surface area contributed by atoms with E-state index < -0.39 is 18.0 Å². The third-order valence-electron chi connectivity index (χ3n) is 5.13. The highest BCUT2D eigenvalue weighted by Crippen LogP contribution is 2.33. The topological polar surface area (TPSA) is 154 Å². The number of anilines is 1. The summed E-state index contributed by atoms with van der Waals surface area (Å²) in [5, 5.41) is 3.03. The number of nitrogens with one attached hydrogen (secondary N) is 1. The highest BCUT2D eigenvalue weighted by Gasteiger charge is 2.28. The van der Waals surface area contributed by atoms with E-state index in [0.29, 0.717) is 26.2 Å². The average molecular weight is 484 g/mol. The Morgan fingerprint density at radius 3 is 2.53 bits per heavy atom. The van der Waals surface area contributed by atoms with Crippen LogP contribution in [0, 0.1) is 6.92 Å². The summed E-state index contributed by atoms with van der Waals surface area (Å²) in [6.45, 7) is 3.61. The predicted octanol–water partition coefficient (Wildman–Crippen LogP) is 2.17. The number of imide groups is 1. The summed E-state index contributed by atoms with van der Waals surface area (Å²) in [6, 6.07) is 5.92. The Kier molecular flexibility index (Phi) is 6.41. The zero-order valence-electron chi connectivity index (χ0n) is 18.4. The lowest BCUT2D eigenvalue weighted by Crippen LogP contribution is -2.30. The van der Waals surface area contributed by atoms with Gasteiger partial charge in [-0.05, 0) is 37.1 Å². The van der Waals surface area contributed by atoms with E-state index in [-0.39, 0.29) is 49.4 Å². The largest absolute Gasteiger partial charge is 0.462 e. The number of esters is 2. The van der Waals surface area contributed by atoms with Gasteiger partial charge in [-0.15, -0.1) is 11.3 Å². The summed E-state index contributed by atoms with van der Waals surface area (Å²) in [5.74, 6) is -0.970. The molecule has 0 saturated carbocycles. The Hall–Kier alpha value is -4.06.